The van der Waals surface area contributed by atoms with E-state index in [-0.39, 0.29) is 0 Å². The summed E-state index contributed by atoms with van der Waals surface area (Å²) in [5, 5.41) is 13.5. The lowest BCUT2D eigenvalue weighted by atomic mass is 10.2. The number of aromatic amines is 1. The number of piperazine rings is 1. The van der Waals surface area contributed by atoms with Crippen molar-refractivity contribution in [2.24, 2.45) is 0 Å². The summed E-state index contributed by atoms with van der Waals surface area (Å²) in [6.07, 6.45) is 1.85. The highest BCUT2D eigenvalue weighted by molar-refractivity contribution is 5.81. The molecule has 0 radical (unpaired) electrons. The Hall–Kier alpha value is -2.06. The topological polar surface area (TPSA) is 67.7 Å². The second-order valence-electron chi connectivity index (χ2n) is 4.12. The lowest BCUT2D eigenvalue weighted by Crippen LogP contribution is -2.43. The first-order valence-electron chi connectivity index (χ1n) is 5.72. The minimum atomic E-state index is 0.502. The average molecular weight is 227 g/mol. The molecule has 17 heavy (non-hydrogen) atoms. The highest BCUT2D eigenvalue weighted by Crippen LogP contribution is 2.23. The van der Waals surface area contributed by atoms with Crippen LogP contribution in [0.25, 0.3) is 11.0 Å². The fraction of sp³-hybridized carbons (Fsp3) is 0.333. The predicted molar refractivity (Wildman–Crippen MR) is 65.9 cm³/mol. The van der Waals surface area contributed by atoms with Gasteiger partial charge in [-0.2, -0.15) is 5.26 Å². The molecular formula is C12H13N5. The molecule has 1 aliphatic heterocycles. The molecule has 2 aromatic heterocycles. The molecule has 86 valence electrons. The fourth-order valence-corrected chi connectivity index (χ4v) is 2.20. The summed E-state index contributed by atoms with van der Waals surface area (Å²) >= 11 is 0. The van der Waals surface area contributed by atoms with Gasteiger partial charge in [-0.3, -0.25) is 0 Å². The minimum Gasteiger partial charge on any atom is -0.367 e. The number of aromatic nitrogens is 2. The summed E-state index contributed by atoms with van der Waals surface area (Å²) in [7, 11) is 0. The van der Waals surface area contributed by atoms with Gasteiger partial charge < -0.3 is 15.2 Å². The monoisotopic (exact) mass is 227 g/mol. The molecule has 0 saturated carbocycles. The third kappa shape index (κ3) is 1.73. The van der Waals surface area contributed by atoms with Crippen LogP contribution in [0.1, 0.15) is 5.69 Å². The number of hydrogen-bond donors (Lipinski definition) is 2. The number of nitrogens with one attached hydrogen (secondary N) is 2. The van der Waals surface area contributed by atoms with Gasteiger partial charge in [0.2, 0.25) is 0 Å². The van der Waals surface area contributed by atoms with E-state index in [1.807, 2.05) is 18.3 Å². The molecule has 2 aromatic rings. The lowest BCUT2D eigenvalue weighted by Gasteiger charge is -2.29. The van der Waals surface area contributed by atoms with Gasteiger partial charge in [-0.05, 0) is 12.1 Å². The normalized spacial score (nSPS) is 16.1. The van der Waals surface area contributed by atoms with E-state index in [0.29, 0.717) is 5.69 Å². The molecule has 0 aromatic carbocycles. The Kier molecular flexibility index (Phi) is 2.42. The molecule has 1 aliphatic rings. The third-order valence-electron chi connectivity index (χ3n) is 3.08. The first-order valence-corrected chi connectivity index (χ1v) is 5.72. The molecule has 5 nitrogen and oxygen atoms in total. The van der Waals surface area contributed by atoms with Crippen LogP contribution < -0.4 is 10.2 Å². The zero-order valence-corrected chi connectivity index (χ0v) is 9.40. The van der Waals surface area contributed by atoms with Crippen molar-refractivity contribution in [3.8, 4) is 6.07 Å². The number of nitriles is 1. The summed E-state index contributed by atoms with van der Waals surface area (Å²) in [5.74, 6) is 0. The molecule has 0 spiro atoms. The molecule has 0 aliphatic carbocycles. The second kappa shape index (κ2) is 4.07. The van der Waals surface area contributed by atoms with E-state index in [2.05, 4.69) is 26.3 Å². The summed E-state index contributed by atoms with van der Waals surface area (Å²) in [6.45, 7) is 3.75. The lowest BCUT2D eigenvalue weighted by molar-refractivity contribution is 0.588. The van der Waals surface area contributed by atoms with Crippen LogP contribution in [0.5, 0.6) is 0 Å². The van der Waals surface area contributed by atoms with Crippen LogP contribution in [0, 0.1) is 11.3 Å². The van der Waals surface area contributed by atoms with Crippen LogP contribution in [-0.2, 0) is 0 Å². The Bertz CT molecular complexity index is 574. The van der Waals surface area contributed by atoms with Crippen LogP contribution in [0.2, 0.25) is 0 Å². The molecular weight excluding hydrogens is 214 g/mol. The smallest absolute Gasteiger partial charge is 0.166 e. The van der Waals surface area contributed by atoms with Gasteiger partial charge >= 0.3 is 0 Å². The van der Waals surface area contributed by atoms with Crippen molar-refractivity contribution in [2.45, 2.75) is 0 Å². The van der Waals surface area contributed by atoms with Gasteiger partial charge in [0.25, 0.3) is 0 Å². The molecule has 0 atom stereocenters. The van der Waals surface area contributed by atoms with Gasteiger partial charge in [-0.25, -0.2) is 4.98 Å². The quantitative estimate of drug-likeness (QED) is 0.757. The van der Waals surface area contributed by atoms with Gasteiger partial charge in [-0.1, -0.05) is 0 Å². The summed E-state index contributed by atoms with van der Waals surface area (Å²) in [6, 6.07) is 6.21. The standard InChI is InChI=1S/C12H13N5/c13-8-10-11(17-5-3-14-4-6-17)7-9-1-2-15-12(9)16-10/h1-2,7,14H,3-6H2,(H,15,16). The highest BCUT2D eigenvalue weighted by atomic mass is 15.2. The molecule has 0 amide bonds. The van der Waals surface area contributed by atoms with Crippen molar-refractivity contribution in [1.82, 2.24) is 15.3 Å². The first-order chi connectivity index (χ1) is 8.38. The molecule has 1 saturated heterocycles. The van der Waals surface area contributed by atoms with Crippen LogP contribution >= 0.6 is 0 Å². The molecule has 5 heteroatoms. The van der Waals surface area contributed by atoms with Crippen LogP contribution in [0.3, 0.4) is 0 Å². The number of hydrogen-bond acceptors (Lipinski definition) is 4. The summed E-state index contributed by atoms with van der Waals surface area (Å²) in [4.78, 5) is 9.60. The van der Waals surface area contributed by atoms with Gasteiger partial charge in [0.05, 0.1) is 5.69 Å². The number of fused-ring (bicyclic) bond motifs is 1. The number of anilines is 1. The van der Waals surface area contributed by atoms with Crippen LogP contribution in [-0.4, -0.2) is 36.1 Å². The Labute approximate surface area is 99.1 Å². The van der Waals surface area contributed by atoms with E-state index in [1.54, 1.807) is 0 Å². The van der Waals surface area contributed by atoms with Crippen molar-refractivity contribution in [2.75, 3.05) is 31.1 Å². The largest absolute Gasteiger partial charge is 0.367 e. The molecule has 2 N–H and O–H groups in total. The van der Waals surface area contributed by atoms with Gasteiger partial charge in [-0.15, -0.1) is 0 Å². The number of nitrogens with zero attached hydrogens (tertiary/aromatic N) is 3. The number of rotatable bonds is 1. The first kappa shape index (κ1) is 10.1. The highest BCUT2D eigenvalue weighted by Gasteiger charge is 2.16. The van der Waals surface area contributed by atoms with E-state index in [4.69, 9.17) is 0 Å². The Balaban J connectivity index is 2.09. The van der Waals surface area contributed by atoms with E-state index < -0.39 is 0 Å². The van der Waals surface area contributed by atoms with E-state index in [9.17, 15) is 5.26 Å². The number of pyridine rings is 1. The molecule has 1 fully saturated rings. The van der Waals surface area contributed by atoms with Crippen molar-refractivity contribution in [1.29, 1.82) is 5.26 Å². The maximum Gasteiger partial charge on any atom is 0.166 e. The van der Waals surface area contributed by atoms with E-state index in [1.165, 1.54) is 0 Å². The van der Waals surface area contributed by atoms with Gasteiger partial charge in [0.1, 0.15) is 11.7 Å². The van der Waals surface area contributed by atoms with Crippen molar-refractivity contribution < 1.29 is 0 Å². The molecule has 0 unspecified atom stereocenters. The van der Waals surface area contributed by atoms with Crippen LogP contribution in [0.15, 0.2) is 18.3 Å². The van der Waals surface area contributed by atoms with E-state index in [0.717, 1.165) is 42.9 Å². The maximum atomic E-state index is 9.18. The van der Waals surface area contributed by atoms with Crippen molar-refractivity contribution in [3.05, 3.63) is 24.0 Å². The molecule has 3 heterocycles. The average Bonchev–Trinajstić information content (AvgIpc) is 2.85. The summed E-state index contributed by atoms with van der Waals surface area (Å²) in [5.41, 5.74) is 2.23. The third-order valence-corrected chi connectivity index (χ3v) is 3.08. The fourth-order valence-electron chi connectivity index (χ4n) is 2.20. The Morgan fingerprint density at radius 1 is 1.35 bits per heavy atom. The zero-order chi connectivity index (χ0) is 11.7. The SMILES string of the molecule is N#Cc1nc2[nH]ccc2cc1N1CCNCC1. The van der Waals surface area contributed by atoms with E-state index >= 15 is 0 Å². The summed E-state index contributed by atoms with van der Waals surface area (Å²) < 4.78 is 0. The van der Waals surface area contributed by atoms with Crippen LogP contribution in [0.4, 0.5) is 5.69 Å². The maximum absolute atomic E-state index is 9.18. The van der Waals surface area contributed by atoms with Gasteiger partial charge in [0.15, 0.2) is 5.69 Å². The zero-order valence-electron chi connectivity index (χ0n) is 9.40. The predicted octanol–water partition coefficient (Wildman–Crippen LogP) is 0.844. The van der Waals surface area contributed by atoms with Crippen molar-refractivity contribution in [3.63, 3.8) is 0 Å². The minimum absolute atomic E-state index is 0.502. The van der Waals surface area contributed by atoms with Crippen molar-refractivity contribution >= 4 is 16.7 Å². The Morgan fingerprint density at radius 2 is 2.18 bits per heavy atom. The Morgan fingerprint density at radius 3 is 2.94 bits per heavy atom. The van der Waals surface area contributed by atoms with Gasteiger partial charge in [0, 0.05) is 37.8 Å². The molecule has 0 bridgehead atoms. The number of H-pyrrole nitrogens is 1. The molecule has 3 rings (SSSR count). The second-order valence-corrected chi connectivity index (χ2v) is 4.12.